The van der Waals surface area contributed by atoms with Gasteiger partial charge in [-0.3, -0.25) is 0 Å². The van der Waals surface area contributed by atoms with Gasteiger partial charge in [-0.15, -0.1) is 0 Å². The van der Waals surface area contributed by atoms with E-state index < -0.39 is 0 Å². The lowest BCUT2D eigenvalue weighted by Crippen LogP contribution is -2.37. The lowest BCUT2D eigenvalue weighted by atomic mass is 9.65. The molecule has 0 unspecified atom stereocenters. The maximum atomic E-state index is 9.44. The van der Waals surface area contributed by atoms with Crippen LogP contribution >= 0.6 is 15.9 Å². The van der Waals surface area contributed by atoms with Crippen LogP contribution in [0.15, 0.2) is 22.7 Å². The third-order valence-electron chi connectivity index (χ3n) is 3.38. The molecular formula is C12H15BrO. The van der Waals surface area contributed by atoms with Crippen molar-refractivity contribution in [3.05, 3.63) is 33.8 Å². The van der Waals surface area contributed by atoms with E-state index in [1.807, 2.05) is 0 Å². The Kier molecular flexibility index (Phi) is 2.67. The van der Waals surface area contributed by atoms with Crippen LogP contribution in [0.2, 0.25) is 0 Å². The Morgan fingerprint density at radius 2 is 2.14 bits per heavy atom. The fraction of sp³-hybridized carbons (Fsp3) is 0.500. The van der Waals surface area contributed by atoms with Crippen molar-refractivity contribution >= 4 is 15.9 Å². The highest BCUT2D eigenvalue weighted by Gasteiger charge is 2.37. The smallest absolute Gasteiger partial charge is 0.0527 e. The number of hydrogen-bond donors (Lipinski definition) is 1. The molecule has 1 saturated carbocycles. The van der Waals surface area contributed by atoms with Crippen molar-refractivity contribution in [2.24, 2.45) is 0 Å². The van der Waals surface area contributed by atoms with Crippen molar-refractivity contribution in [2.45, 2.75) is 31.6 Å². The quantitative estimate of drug-likeness (QED) is 0.860. The number of aliphatic hydroxyl groups is 1. The number of benzene rings is 1. The number of rotatable bonds is 2. The number of aliphatic hydroxyl groups excluding tert-OH is 1. The molecule has 0 radical (unpaired) electrons. The summed E-state index contributed by atoms with van der Waals surface area (Å²) < 4.78 is 1.15. The molecule has 1 aliphatic carbocycles. The molecule has 0 heterocycles. The fourth-order valence-corrected chi connectivity index (χ4v) is 2.36. The van der Waals surface area contributed by atoms with Gasteiger partial charge in [-0.1, -0.05) is 34.5 Å². The van der Waals surface area contributed by atoms with Crippen molar-refractivity contribution < 1.29 is 5.11 Å². The van der Waals surface area contributed by atoms with Gasteiger partial charge >= 0.3 is 0 Å². The predicted molar refractivity (Wildman–Crippen MR) is 61.5 cm³/mol. The summed E-state index contributed by atoms with van der Waals surface area (Å²) in [6.07, 6.45) is 3.50. The summed E-state index contributed by atoms with van der Waals surface area (Å²) in [6.45, 7) is 2.38. The molecule has 1 fully saturated rings. The lowest BCUT2D eigenvalue weighted by molar-refractivity contribution is 0.120. The molecule has 76 valence electrons. The topological polar surface area (TPSA) is 20.2 Å². The van der Waals surface area contributed by atoms with Crippen molar-refractivity contribution in [1.82, 2.24) is 0 Å². The van der Waals surface area contributed by atoms with Gasteiger partial charge in [0.15, 0.2) is 0 Å². The van der Waals surface area contributed by atoms with Crippen molar-refractivity contribution in [1.29, 1.82) is 0 Å². The summed E-state index contributed by atoms with van der Waals surface area (Å²) in [7, 11) is 0. The van der Waals surface area contributed by atoms with Crippen LogP contribution in [0.5, 0.6) is 0 Å². The SMILES string of the molecule is Cc1cc(C2(CO)CCC2)ccc1Br. The zero-order chi connectivity index (χ0) is 10.2. The van der Waals surface area contributed by atoms with Crippen molar-refractivity contribution in [3.63, 3.8) is 0 Å². The van der Waals surface area contributed by atoms with Crippen LogP contribution in [-0.4, -0.2) is 11.7 Å². The normalized spacial score (nSPS) is 19.1. The summed E-state index contributed by atoms with van der Waals surface area (Å²) in [6, 6.07) is 6.41. The van der Waals surface area contributed by atoms with E-state index in [-0.39, 0.29) is 12.0 Å². The minimum absolute atomic E-state index is 0.0749. The number of hydrogen-bond acceptors (Lipinski definition) is 1. The third-order valence-corrected chi connectivity index (χ3v) is 4.27. The van der Waals surface area contributed by atoms with E-state index in [0.717, 1.165) is 17.3 Å². The van der Waals surface area contributed by atoms with Crippen LogP contribution in [-0.2, 0) is 5.41 Å². The van der Waals surface area contributed by atoms with Gasteiger partial charge in [-0.2, -0.15) is 0 Å². The second kappa shape index (κ2) is 3.67. The van der Waals surface area contributed by atoms with Gasteiger partial charge in [-0.05, 0) is 37.0 Å². The Morgan fingerprint density at radius 3 is 2.57 bits per heavy atom. The van der Waals surface area contributed by atoms with E-state index >= 15 is 0 Å². The Bertz CT molecular complexity index is 337. The van der Waals surface area contributed by atoms with E-state index in [4.69, 9.17) is 0 Å². The Balaban J connectivity index is 2.36. The molecule has 0 spiro atoms. The van der Waals surface area contributed by atoms with Gasteiger partial charge in [0, 0.05) is 9.89 Å². The average molecular weight is 255 g/mol. The Hall–Kier alpha value is -0.340. The molecule has 2 rings (SSSR count). The summed E-state index contributed by atoms with van der Waals surface area (Å²) in [4.78, 5) is 0. The molecular weight excluding hydrogens is 240 g/mol. The van der Waals surface area contributed by atoms with Gasteiger partial charge in [-0.25, -0.2) is 0 Å². The van der Waals surface area contributed by atoms with E-state index in [1.54, 1.807) is 0 Å². The molecule has 14 heavy (non-hydrogen) atoms. The van der Waals surface area contributed by atoms with Gasteiger partial charge in [0.2, 0.25) is 0 Å². The standard InChI is InChI=1S/C12H15BrO/c1-9-7-10(3-4-11(9)13)12(8-14)5-2-6-12/h3-4,7,14H,2,5-6,8H2,1H3. The molecule has 1 aromatic rings. The zero-order valence-corrected chi connectivity index (χ0v) is 9.97. The minimum Gasteiger partial charge on any atom is -0.395 e. The van der Waals surface area contributed by atoms with Crippen LogP contribution in [0.25, 0.3) is 0 Å². The first-order chi connectivity index (χ1) is 6.68. The summed E-state index contributed by atoms with van der Waals surface area (Å²) in [5.74, 6) is 0. The van der Waals surface area contributed by atoms with E-state index in [1.165, 1.54) is 17.5 Å². The van der Waals surface area contributed by atoms with Crippen LogP contribution in [0.4, 0.5) is 0 Å². The van der Waals surface area contributed by atoms with E-state index in [2.05, 4.69) is 41.1 Å². The van der Waals surface area contributed by atoms with Crippen LogP contribution < -0.4 is 0 Å². The van der Waals surface area contributed by atoms with Crippen LogP contribution in [0, 0.1) is 6.92 Å². The maximum Gasteiger partial charge on any atom is 0.0527 e. The summed E-state index contributed by atoms with van der Waals surface area (Å²) in [5, 5.41) is 9.44. The highest BCUT2D eigenvalue weighted by atomic mass is 79.9. The van der Waals surface area contributed by atoms with Gasteiger partial charge < -0.3 is 5.11 Å². The molecule has 1 nitrogen and oxygen atoms in total. The summed E-state index contributed by atoms with van der Waals surface area (Å²) >= 11 is 3.50. The first-order valence-corrected chi connectivity index (χ1v) is 5.85. The summed E-state index contributed by atoms with van der Waals surface area (Å²) in [5.41, 5.74) is 2.63. The Labute approximate surface area is 93.3 Å². The molecule has 0 aromatic heterocycles. The lowest BCUT2D eigenvalue weighted by Gasteiger charge is -2.41. The van der Waals surface area contributed by atoms with Crippen molar-refractivity contribution in [3.8, 4) is 0 Å². The molecule has 1 N–H and O–H groups in total. The number of halogens is 1. The van der Waals surface area contributed by atoms with Crippen molar-refractivity contribution in [2.75, 3.05) is 6.61 Å². The highest BCUT2D eigenvalue weighted by Crippen LogP contribution is 2.43. The first-order valence-electron chi connectivity index (χ1n) is 5.05. The maximum absolute atomic E-state index is 9.44. The molecule has 1 aliphatic rings. The van der Waals surface area contributed by atoms with Gasteiger partial charge in [0.1, 0.15) is 0 Å². The monoisotopic (exact) mass is 254 g/mol. The van der Waals surface area contributed by atoms with E-state index in [9.17, 15) is 5.11 Å². The fourth-order valence-electron chi connectivity index (χ4n) is 2.12. The van der Waals surface area contributed by atoms with E-state index in [0.29, 0.717) is 0 Å². The largest absolute Gasteiger partial charge is 0.395 e. The Morgan fingerprint density at radius 1 is 1.43 bits per heavy atom. The second-order valence-electron chi connectivity index (χ2n) is 4.26. The molecule has 0 bridgehead atoms. The van der Waals surface area contributed by atoms with Gasteiger partial charge in [0.05, 0.1) is 6.61 Å². The molecule has 0 atom stereocenters. The molecule has 2 heteroatoms. The second-order valence-corrected chi connectivity index (χ2v) is 5.11. The minimum atomic E-state index is 0.0749. The average Bonchev–Trinajstić information content (AvgIpc) is 2.10. The predicted octanol–water partition coefficient (Wildman–Crippen LogP) is 3.17. The number of aryl methyl sites for hydroxylation is 1. The van der Waals surface area contributed by atoms with Crippen LogP contribution in [0.3, 0.4) is 0 Å². The van der Waals surface area contributed by atoms with Gasteiger partial charge in [0.25, 0.3) is 0 Å². The molecule has 1 aromatic carbocycles. The van der Waals surface area contributed by atoms with Crippen LogP contribution in [0.1, 0.15) is 30.4 Å². The third kappa shape index (κ3) is 1.51. The zero-order valence-electron chi connectivity index (χ0n) is 8.39. The molecule has 0 saturated heterocycles. The first kappa shape index (κ1) is 10.2. The molecule has 0 aliphatic heterocycles. The molecule has 0 amide bonds. The highest BCUT2D eigenvalue weighted by molar-refractivity contribution is 9.10.